The second kappa shape index (κ2) is 6.01. The van der Waals surface area contributed by atoms with Crippen LogP contribution in [0, 0.1) is 5.92 Å². The Balaban J connectivity index is 1.53. The van der Waals surface area contributed by atoms with Gasteiger partial charge in [-0.1, -0.05) is 30.3 Å². The van der Waals surface area contributed by atoms with Crippen LogP contribution in [0.5, 0.6) is 0 Å². The average Bonchev–Trinajstić information content (AvgIpc) is 3.03. The van der Waals surface area contributed by atoms with Crippen molar-refractivity contribution in [3.8, 4) is 0 Å². The summed E-state index contributed by atoms with van der Waals surface area (Å²) in [4.78, 5) is 21.6. The molecule has 0 amide bonds. The highest BCUT2D eigenvalue weighted by molar-refractivity contribution is 5.94. The number of hydrogen-bond acceptors (Lipinski definition) is 3. The number of imidazole rings is 1. The van der Waals surface area contributed by atoms with E-state index in [-0.39, 0.29) is 11.7 Å². The van der Waals surface area contributed by atoms with Crippen molar-refractivity contribution in [3.63, 3.8) is 0 Å². The number of likely N-dealkylation sites (tertiary alicyclic amines) is 1. The quantitative estimate of drug-likeness (QED) is 0.868. The number of ketones is 1. The molecule has 3 rings (SSSR count). The number of aromatic amines is 1. The first kappa shape index (κ1) is 13.1. The van der Waals surface area contributed by atoms with Crippen molar-refractivity contribution in [2.24, 2.45) is 5.92 Å². The SMILES string of the molecule is O=C(c1ncc[nH]1)C1CCN(Cc2ccccc2)CC1. The lowest BCUT2D eigenvalue weighted by atomic mass is 9.92. The molecule has 2 heterocycles. The molecule has 0 unspecified atom stereocenters. The predicted octanol–water partition coefficient (Wildman–Crippen LogP) is 2.50. The zero-order valence-electron chi connectivity index (χ0n) is 11.5. The molecule has 1 aliphatic rings. The highest BCUT2D eigenvalue weighted by atomic mass is 16.1. The number of piperidine rings is 1. The van der Waals surface area contributed by atoms with Crippen molar-refractivity contribution < 1.29 is 4.79 Å². The molecule has 4 heteroatoms. The van der Waals surface area contributed by atoms with Crippen molar-refractivity contribution in [2.75, 3.05) is 13.1 Å². The Kier molecular flexibility index (Phi) is 3.92. The number of Topliss-reactive ketones (excluding diaryl/α,β-unsaturated/α-hetero) is 1. The molecule has 0 radical (unpaired) electrons. The number of carbonyl (C=O) groups is 1. The maximum atomic E-state index is 12.2. The number of hydrogen-bond donors (Lipinski definition) is 1. The second-order valence-electron chi connectivity index (χ2n) is 5.34. The predicted molar refractivity (Wildman–Crippen MR) is 77.4 cm³/mol. The fourth-order valence-electron chi connectivity index (χ4n) is 2.79. The van der Waals surface area contributed by atoms with Gasteiger partial charge in [-0.05, 0) is 31.5 Å². The van der Waals surface area contributed by atoms with Gasteiger partial charge in [-0.2, -0.15) is 0 Å². The van der Waals surface area contributed by atoms with Crippen LogP contribution in [0.3, 0.4) is 0 Å². The van der Waals surface area contributed by atoms with Crippen LogP contribution in [0.2, 0.25) is 0 Å². The second-order valence-corrected chi connectivity index (χ2v) is 5.34. The molecule has 4 nitrogen and oxygen atoms in total. The number of rotatable bonds is 4. The summed E-state index contributed by atoms with van der Waals surface area (Å²) in [5.41, 5.74) is 1.34. The minimum atomic E-state index is 0.119. The Bertz CT molecular complexity index is 542. The van der Waals surface area contributed by atoms with Gasteiger partial charge in [0.2, 0.25) is 5.78 Å². The van der Waals surface area contributed by atoms with Gasteiger partial charge in [-0.25, -0.2) is 4.98 Å². The third kappa shape index (κ3) is 2.96. The maximum absolute atomic E-state index is 12.2. The highest BCUT2D eigenvalue weighted by Gasteiger charge is 2.26. The van der Waals surface area contributed by atoms with Crippen LogP contribution in [-0.4, -0.2) is 33.7 Å². The van der Waals surface area contributed by atoms with Crippen molar-refractivity contribution in [2.45, 2.75) is 19.4 Å². The van der Waals surface area contributed by atoms with Gasteiger partial charge >= 0.3 is 0 Å². The van der Waals surface area contributed by atoms with Gasteiger partial charge in [0.25, 0.3) is 0 Å². The molecule has 1 saturated heterocycles. The molecule has 104 valence electrons. The molecule has 0 aliphatic carbocycles. The summed E-state index contributed by atoms with van der Waals surface area (Å²) in [5, 5.41) is 0. The van der Waals surface area contributed by atoms with Crippen LogP contribution >= 0.6 is 0 Å². The van der Waals surface area contributed by atoms with Crippen molar-refractivity contribution in [1.82, 2.24) is 14.9 Å². The molecular weight excluding hydrogens is 250 g/mol. The third-order valence-corrected chi connectivity index (χ3v) is 3.94. The molecular formula is C16H19N3O. The van der Waals surface area contributed by atoms with Crippen molar-refractivity contribution in [1.29, 1.82) is 0 Å². The number of carbonyl (C=O) groups excluding carboxylic acids is 1. The van der Waals surface area contributed by atoms with E-state index in [9.17, 15) is 4.79 Å². The molecule has 0 bridgehead atoms. The van der Waals surface area contributed by atoms with E-state index in [1.54, 1.807) is 12.4 Å². The first-order valence-corrected chi connectivity index (χ1v) is 7.13. The first-order valence-electron chi connectivity index (χ1n) is 7.13. The zero-order chi connectivity index (χ0) is 13.8. The van der Waals surface area contributed by atoms with Gasteiger partial charge in [0.15, 0.2) is 5.82 Å². The monoisotopic (exact) mass is 269 g/mol. The number of nitrogens with one attached hydrogen (secondary N) is 1. The Hall–Kier alpha value is -1.94. The largest absolute Gasteiger partial charge is 0.342 e. The van der Waals surface area contributed by atoms with Crippen molar-refractivity contribution in [3.05, 3.63) is 54.1 Å². The van der Waals surface area contributed by atoms with Crippen LogP contribution in [-0.2, 0) is 6.54 Å². The van der Waals surface area contributed by atoms with Gasteiger partial charge < -0.3 is 4.98 Å². The standard InChI is InChI=1S/C16H19N3O/c20-15(16-17-8-9-18-16)14-6-10-19(11-7-14)12-13-4-2-1-3-5-13/h1-5,8-9,14H,6-7,10-12H2,(H,17,18). The smallest absolute Gasteiger partial charge is 0.201 e. The van der Waals surface area contributed by atoms with Gasteiger partial charge in [-0.3, -0.25) is 9.69 Å². The minimum absolute atomic E-state index is 0.119. The number of H-pyrrole nitrogens is 1. The van der Waals surface area contributed by atoms with Crippen LogP contribution in [0.4, 0.5) is 0 Å². The van der Waals surface area contributed by atoms with Crippen molar-refractivity contribution >= 4 is 5.78 Å². The molecule has 1 aromatic carbocycles. The lowest BCUT2D eigenvalue weighted by molar-refractivity contribution is 0.0825. The summed E-state index contributed by atoms with van der Waals surface area (Å²) < 4.78 is 0. The lowest BCUT2D eigenvalue weighted by Gasteiger charge is -2.30. The molecule has 1 aromatic heterocycles. The molecule has 2 aromatic rings. The molecule has 0 atom stereocenters. The number of aromatic nitrogens is 2. The van der Waals surface area contributed by atoms with E-state index in [4.69, 9.17) is 0 Å². The Morgan fingerprint density at radius 1 is 1.25 bits per heavy atom. The minimum Gasteiger partial charge on any atom is -0.342 e. The molecule has 0 spiro atoms. The normalized spacial score (nSPS) is 17.2. The zero-order valence-corrected chi connectivity index (χ0v) is 11.5. The summed E-state index contributed by atoms with van der Waals surface area (Å²) in [5.74, 6) is 0.786. The molecule has 1 fully saturated rings. The summed E-state index contributed by atoms with van der Waals surface area (Å²) in [6.07, 6.45) is 5.19. The number of nitrogens with zero attached hydrogens (tertiary/aromatic N) is 2. The van der Waals surface area contributed by atoms with E-state index in [0.29, 0.717) is 5.82 Å². The first-order chi connectivity index (χ1) is 9.83. The topological polar surface area (TPSA) is 49.0 Å². The van der Waals surface area contributed by atoms with E-state index in [1.807, 2.05) is 6.07 Å². The average molecular weight is 269 g/mol. The number of benzene rings is 1. The van der Waals surface area contributed by atoms with E-state index < -0.39 is 0 Å². The van der Waals surface area contributed by atoms with E-state index in [0.717, 1.165) is 32.5 Å². The fraction of sp³-hybridized carbons (Fsp3) is 0.375. The Labute approximate surface area is 118 Å². The Morgan fingerprint density at radius 2 is 2.00 bits per heavy atom. The van der Waals surface area contributed by atoms with E-state index >= 15 is 0 Å². The molecule has 20 heavy (non-hydrogen) atoms. The maximum Gasteiger partial charge on any atom is 0.201 e. The summed E-state index contributed by atoms with van der Waals surface area (Å²) in [6.45, 7) is 2.93. The van der Waals surface area contributed by atoms with Crippen LogP contribution < -0.4 is 0 Å². The van der Waals surface area contributed by atoms with Gasteiger partial charge in [0.05, 0.1) is 0 Å². The summed E-state index contributed by atoms with van der Waals surface area (Å²) >= 11 is 0. The highest BCUT2D eigenvalue weighted by Crippen LogP contribution is 2.21. The third-order valence-electron chi connectivity index (χ3n) is 3.94. The summed E-state index contributed by atoms with van der Waals surface area (Å²) in [6, 6.07) is 10.5. The van der Waals surface area contributed by atoms with E-state index in [1.165, 1.54) is 5.56 Å². The molecule has 1 aliphatic heterocycles. The van der Waals surface area contributed by atoms with Crippen LogP contribution in [0.25, 0.3) is 0 Å². The van der Waals surface area contributed by atoms with E-state index in [2.05, 4.69) is 39.1 Å². The van der Waals surface area contributed by atoms with Gasteiger partial charge in [-0.15, -0.1) is 0 Å². The van der Waals surface area contributed by atoms with Gasteiger partial charge in [0, 0.05) is 24.9 Å². The summed E-state index contributed by atoms with van der Waals surface area (Å²) in [7, 11) is 0. The Morgan fingerprint density at radius 3 is 2.65 bits per heavy atom. The molecule has 0 saturated carbocycles. The van der Waals surface area contributed by atoms with Gasteiger partial charge in [0.1, 0.15) is 0 Å². The van der Waals surface area contributed by atoms with Crippen LogP contribution in [0.15, 0.2) is 42.7 Å². The molecule has 1 N–H and O–H groups in total. The van der Waals surface area contributed by atoms with Crippen LogP contribution in [0.1, 0.15) is 29.0 Å². The lowest BCUT2D eigenvalue weighted by Crippen LogP contribution is -2.36. The fourth-order valence-corrected chi connectivity index (χ4v) is 2.79.